The molecule has 1 saturated carbocycles. The smallest absolute Gasteiger partial charge is 0.289 e. The second-order valence-electron chi connectivity index (χ2n) is 8.42. The Balaban J connectivity index is 1.48. The third-order valence-electron chi connectivity index (χ3n) is 6.20. The summed E-state index contributed by atoms with van der Waals surface area (Å²) in [5, 5.41) is 13.2. The van der Waals surface area contributed by atoms with Crippen LogP contribution < -0.4 is 5.32 Å². The summed E-state index contributed by atoms with van der Waals surface area (Å²) in [6.45, 7) is 0.565. The van der Waals surface area contributed by atoms with Gasteiger partial charge in [-0.15, -0.1) is 0 Å². The molecule has 31 heavy (non-hydrogen) atoms. The van der Waals surface area contributed by atoms with Crippen molar-refractivity contribution in [3.63, 3.8) is 0 Å². The summed E-state index contributed by atoms with van der Waals surface area (Å²) >= 11 is 0. The maximum atomic E-state index is 12.7. The maximum Gasteiger partial charge on any atom is 0.289 e. The predicted molar refractivity (Wildman–Crippen MR) is 118 cm³/mol. The van der Waals surface area contributed by atoms with Gasteiger partial charge in [-0.2, -0.15) is 0 Å². The van der Waals surface area contributed by atoms with Crippen LogP contribution in [0.25, 0.3) is 0 Å². The monoisotopic (exact) mass is 449 g/mol. The summed E-state index contributed by atoms with van der Waals surface area (Å²) in [5.74, 6) is -0.993. The number of benzene rings is 1. The van der Waals surface area contributed by atoms with Crippen LogP contribution in [0.1, 0.15) is 43.6 Å². The first kappa shape index (κ1) is 23.3. The molecule has 1 aliphatic heterocycles. The Labute approximate surface area is 184 Å². The van der Waals surface area contributed by atoms with Crippen molar-refractivity contribution in [1.29, 1.82) is 0 Å². The molecule has 0 aromatic heterocycles. The fourth-order valence-corrected chi connectivity index (χ4v) is 4.66. The molecule has 1 aliphatic carbocycles. The number of hydrogen-bond donors (Lipinski definition) is 2. The first-order valence-electron chi connectivity index (χ1n) is 10.7. The summed E-state index contributed by atoms with van der Waals surface area (Å²) in [6, 6.07) is 10.4. The fraction of sp³-hybridized carbons (Fsp3) is 0.545. The van der Waals surface area contributed by atoms with Gasteiger partial charge in [0.2, 0.25) is 10.0 Å². The molecule has 2 aliphatic rings. The van der Waals surface area contributed by atoms with Crippen molar-refractivity contribution in [3.8, 4) is 0 Å². The molecule has 1 aromatic carbocycles. The molecular formula is C22H31N3O5S. The SMILES string of the molecule is CN(CCCN1CC(C(=O)N[C@H]2CC[C@@H](c3ccccc3)CC2)=C(O)C1=O)S(C)(=O)=O. The van der Waals surface area contributed by atoms with Gasteiger partial charge in [0.1, 0.15) is 0 Å². The second-order valence-corrected chi connectivity index (χ2v) is 10.5. The number of aliphatic hydroxyl groups is 1. The van der Waals surface area contributed by atoms with Crippen molar-refractivity contribution < 1.29 is 23.1 Å². The Morgan fingerprint density at radius 1 is 1.19 bits per heavy atom. The van der Waals surface area contributed by atoms with E-state index in [9.17, 15) is 23.1 Å². The van der Waals surface area contributed by atoms with Crippen molar-refractivity contribution in [2.24, 2.45) is 0 Å². The molecule has 1 aromatic rings. The van der Waals surface area contributed by atoms with E-state index in [1.54, 1.807) is 0 Å². The molecule has 8 nitrogen and oxygen atoms in total. The number of sulfonamides is 1. The Morgan fingerprint density at radius 3 is 2.45 bits per heavy atom. The molecule has 3 rings (SSSR count). The van der Waals surface area contributed by atoms with Gasteiger partial charge in [0, 0.05) is 26.2 Å². The van der Waals surface area contributed by atoms with E-state index in [-0.39, 0.29) is 31.2 Å². The molecule has 170 valence electrons. The lowest BCUT2D eigenvalue weighted by Crippen LogP contribution is -2.39. The van der Waals surface area contributed by atoms with Gasteiger partial charge in [0.15, 0.2) is 5.76 Å². The number of aliphatic hydroxyl groups excluding tert-OH is 1. The minimum absolute atomic E-state index is 0.0281. The minimum Gasteiger partial charge on any atom is -0.503 e. The van der Waals surface area contributed by atoms with Gasteiger partial charge in [0.05, 0.1) is 18.4 Å². The highest BCUT2D eigenvalue weighted by atomic mass is 32.2. The van der Waals surface area contributed by atoms with Crippen LogP contribution in [-0.4, -0.2) is 73.5 Å². The van der Waals surface area contributed by atoms with E-state index >= 15 is 0 Å². The molecule has 2 amide bonds. The van der Waals surface area contributed by atoms with Crippen LogP contribution >= 0.6 is 0 Å². The molecule has 0 atom stereocenters. The normalized spacial score (nSPS) is 22.3. The third kappa shape index (κ3) is 5.86. The number of hydrogen-bond acceptors (Lipinski definition) is 5. The molecule has 9 heteroatoms. The van der Waals surface area contributed by atoms with Crippen LogP contribution in [0, 0.1) is 0 Å². The van der Waals surface area contributed by atoms with Crippen LogP contribution in [0.15, 0.2) is 41.7 Å². The number of amides is 2. The molecule has 0 saturated heterocycles. The Bertz CT molecular complexity index is 937. The molecular weight excluding hydrogens is 418 g/mol. The summed E-state index contributed by atoms with van der Waals surface area (Å²) < 4.78 is 24.1. The topological polar surface area (TPSA) is 107 Å². The highest BCUT2D eigenvalue weighted by Crippen LogP contribution is 2.33. The minimum atomic E-state index is -3.28. The van der Waals surface area contributed by atoms with Crippen LogP contribution in [0.3, 0.4) is 0 Å². The van der Waals surface area contributed by atoms with Gasteiger partial charge in [-0.3, -0.25) is 9.59 Å². The maximum absolute atomic E-state index is 12.7. The third-order valence-corrected chi connectivity index (χ3v) is 7.51. The van der Waals surface area contributed by atoms with Crippen molar-refractivity contribution in [2.75, 3.05) is 32.9 Å². The van der Waals surface area contributed by atoms with Gasteiger partial charge >= 0.3 is 0 Å². The van der Waals surface area contributed by atoms with Gasteiger partial charge in [-0.1, -0.05) is 30.3 Å². The van der Waals surface area contributed by atoms with E-state index < -0.39 is 27.6 Å². The lowest BCUT2D eigenvalue weighted by Gasteiger charge is -2.29. The fourth-order valence-electron chi connectivity index (χ4n) is 4.20. The van der Waals surface area contributed by atoms with Gasteiger partial charge in [-0.05, 0) is 43.6 Å². The zero-order valence-corrected chi connectivity index (χ0v) is 18.9. The lowest BCUT2D eigenvalue weighted by molar-refractivity contribution is -0.127. The number of carbonyl (C=O) groups is 2. The van der Waals surface area contributed by atoms with E-state index in [0.29, 0.717) is 12.3 Å². The average Bonchev–Trinajstić information content (AvgIpc) is 3.03. The van der Waals surface area contributed by atoms with Crippen molar-refractivity contribution in [2.45, 2.75) is 44.1 Å². The summed E-state index contributed by atoms with van der Waals surface area (Å²) in [7, 11) is -1.80. The first-order valence-corrected chi connectivity index (χ1v) is 12.5. The molecule has 1 heterocycles. The summed E-state index contributed by atoms with van der Waals surface area (Å²) in [4.78, 5) is 26.4. The second kappa shape index (κ2) is 9.82. The average molecular weight is 450 g/mol. The molecule has 0 unspecified atom stereocenters. The summed E-state index contributed by atoms with van der Waals surface area (Å²) in [5.41, 5.74) is 1.41. The Morgan fingerprint density at radius 2 is 1.84 bits per heavy atom. The highest BCUT2D eigenvalue weighted by molar-refractivity contribution is 7.88. The largest absolute Gasteiger partial charge is 0.503 e. The van der Waals surface area contributed by atoms with Gasteiger partial charge in [0.25, 0.3) is 11.8 Å². The van der Waals surface area contributed by atoms with Crippen LogP contribution in [0.2, 0.25) is 0 Å². The van der Waals surface area contributed by atoms with E-state index in [4.69, 9.17) is 0 Å². The van der Waals surface area contributed by atoms with E-state index in [2.05, 4.69) is 17.4 Å². The number of nitrogens with zero attached hydrogens (tertiary/aromatic N) is 2. The van der Waals surface area contributed by atoms with Crippen LogP contribution in [0.5, 0.6) is 0 Å². The molecule has 2 N–H and O–H groups in total. The Hall–Kier alpha value is -2.39. The zero-order valence-electron chi connectivity index (χ0n) is 18.1. The molecule has 0 radical (unpaired) electrons. The zero-order chi connectivity index (χ0) is 22.6. The van der Waals surface area contributed by atoms with Crippen molar-refractivity contribution >= 4 is 21.8 Å². The van der Waals surface area contributed by atoms with Crippen LogP contribution in [0.4, 0.5) is 0 Å². The lowest BCUT2D eigenvalue weighted by atomic mass is 9.82. The summed E-state index contributed by atoms with van der Waals surface area (Å²) in [6.07, 6.45) is 5.22. The van der Waals surface area contributed by atoms with Crippen molar-refractivity contribution in [3.05, 3.63) is 47.2 Å². The van der Waals surface area contributed by atoms with Crippen LogP contribution in [-0.2, 0) is 19.6 Å². The van der Waals surface area contributed by atoms with E-state index in [0.717, 1.165) is 31.9 Å². The molecule has 0 bridgehead atoms. The van der Waals surface area contributed by atoms with Crippen molar-refractivity contribution in [1.82, 2.24) is 14.5 Å². The number of nitrogens with one attached hydrogen (secondary N) is 1. The number of rotatable bonds is 8. The van der Waals surface area contributed by atoms with Gasteiger partial charge < -0.3 is 15.3 Å². The highest BCUT2D eigenvalue weighted by Gasteiger charge is 2.35. The predicted octanol–water partition coefficient (Wildman–Crippen LogP) is 1.76. The molecule has 0 spiro atoms. The van der Waals surface area contributed by atoms with Gasteiger partial charge in [-0.25, -0.2) is 12.7 Å². The Kier molecular flexibility index (Phi) is 7.38. The standard InChI is InChI=1S/C22H31N3O5S/c1-24(31(2,29)30)13-6-14-25-15-19(20(26)22(25)28)21(27)23-18-11-9-17(10-12-18)16-7-4-3-5-8-16/h3-5,7-8,17-18,26H,6,9-15H2,1-2H3,(H,23,27)/t17-,18+. The first-order chi connectivity index (χ1) is 14.7. The number of carbonyl (C=O) groups excluding carboxylic acids is 2. The quantitative estimate of drug-likeness (QED) is 0.629. The van der Waals surface area contributed by atoms with E-state index in [1.165, 1.54) is 21.8 Å². The van der Waals surface area contributed by atoms with E-state index in [1.807, 2.05) is 18.2 Å². The molecule has 1 fully saturated rings.